The van der Waals surface area contributed by atoms with E-state index in [4.69, 9.17) is 9.84 Å². The number of aromatic nitrogens is 2. The summed E-state index contributed by atoms with van der Waals surface area (Å²) >= 11 is 0. The van der Waals surface area contributed by atoms with Crippen molar-refractivity contribution in [1.82, 2.24) is 20.4 Å². The second kappa shape index (κ2) is 7.86. The maximum Gasteiger partial charge on any atom is 0.407 e. The number of alkyl carbamates (subject to hydrolysis) is 1. The highest BCUT2D eigenvalue weighted by Gasteiger charge is 2.15. The summed E-state index contributed by atoms with van der Waals surface area (Å²) in [6, 6.07) is 0. The van der Waals surface area contributed by atoms with E-state index < -0.39 is 11.7 Å². The first-order valence-corrected chi connectivity index (χ1v) is 6.70. The van der Waals surface area contributed by atoms with Crippen LogP contribution in [0.2, 0.25) is 0 Å². The second-order valence-corrected chi connectivity index (χ2v) is 5.44. The number of amides is 1. The van der Waals surface area contributed by atoms with Gasteiger partial charge in [-0.3, -0.25) is 4.68 Å². The summed E-state index contributed by atoms with van der Waals surface area (Å²) in [5, 5.41) is 18.7. The molecule has 114 valence electrons. The molecule has 0 spiro atoms. The number of hydrogen-bond donors (Lipinski definition) is 3. The van der Waals surface area contributed by atoms with E-state index >= 15 is 0 Å². The molecule has 0 saturated heterocycles. The zero-order valence-electron chi connectivity index (χ0n) is 12.3. The molecule has 1 aromatic heterocycles. The topological polar surface area (TPSA) is 88.4 Å². The average Bonchev–Trinajstić information content (AvgIpc) is 2.74. The van der Waals surface area contributed by atoms with Crippen molar-refractivity contribution in [2.75, 3.05) is 19.7 Å². The number of nitrogens with zero attached hydrogens (tertiary/aromatic N) is 2. The van der Waals surface area contributed by atoms with Gasteiger partial charge >= 0.3 is 6.09 Å². The van der Waals surface area contributed by atoms with Gasteiger partial charge in [0.25, 0.3) is 0 Å². The quantitative estimate of drug-likeness (QED) is 0.634. The van der Waals surface area contributed by atoms with E-state index in [0.717, 1.165) is 5.56 Å². The summed E-state index contributed by atoms with van der Waals surface area (Å²) in [6.45, 7) is 7.87. The number of ether oxygens (including phenoxy) is 1. The van der Waals surface area contributed by atoms with Crippen LogP contribution in [0, 0.1) is 0 Å². The Kier molecular flexibility index (Phi) is 6.47. The number of rotatable bonds is 7. The Balaban J connectivity index is 2.11. The van der Waals surface area contributed by atoms with Crippen molar-refractivity contribution in [3.8, 4) is 0 Å². The number of aliphatic hydroxyl groups is 1. The molecule has 1 amide bonds. The summed E-state index contributed by atoms with van der Waals surface area (Å²) in [7, 11) is 0. The van der Waals surface area contributed by atoms with Crippen molar-refractivity contribution in [3.63, 3.8) is 0 Å². The highest BCUT2D eigenvalue weighted by atomic mass is 16.6. The summed E-state index contributed by atoms with van der Waals surface area (Å²) in [4.78, 5) is 11.4. The van der Waals surface area contributed by atoms with Crippen LogP contribution in [0.25, 0.3) is 0 Å². The van der Waals surface area contributed by atoms with Crippen LogP contribution >= 0.6 is 0 Å². The minimum atomic E-state index is -0.473. The molecule has 7 heteroatoms. The van der Waals surface area contributed by atoms with E-state index in [1.54, 1.807) is 10.9 Å². The lowest BCUT2D eigenvalue weighted by Gasteiger charge is -2.19. The average molecular weight is 284 g/mol. The van der Waals surface area contributed by atoms with Crippen LogP contribution in [-0.2, 0) is 17.8 Å². The number of aliphatic hydroxyl groups excluding tert-OH is 1. The molecular formula is C13H24N4O3. The normalized spacial score (nSPS) is 11.4. The van der Waals surface area contributed by atoms with Crippen molar-refractivity contribution in [1.29, 1.82) is 0 Å². The molecule has 1 heterocycles. The van der Waals surface area contributed by atoms with Gasteiger partial charge in [-0.1, -0.05) is 0 Å². The molecule has 0 fully saturated rings. The molecule has 0 atom stereocenters. The fraction of sp³-hybridized carbons (Fsp3) is 0.692. The Labute approximate surface area is 119 Å². The van der Waals surface area contributed by atoms with Gasteiger partial charge in [0.05, 0.1) is 19.3 Å². The highest BCUT2D eigenvalue weighted by Crippen LogP contribution is 2.05. The smallest absolute Gasteiger partial charge is 0.407 e. The monoisotopic (exact) mass is 284 g/mol. The van der Waals surface area contributed by atoms with Gasteiger partial charge in [0.1, 0.15) is 5.60 Å². The van der Waals surface area contributed by atoms with Crippen LogP contribution in [-0.4, -0.2) is 46.3 Å². The third-order valence-corrected chi connectivity index (χ3v) is 2.31. The van der Waals surface area contributed by atoms with Crippen LogP contribution < -0.4 is 10.6 Å². The summed E-state index contributed by atoms with van der Waals surface area (Å²) in [5.74, 6) is 0. The van der Waals surface area contributed by atoms with Gasteiger partial charge in [0.15, 0.2) is 0 Å². The van der Waals surface area contributed by atoms with Crippen LogP contribution in [0.15, 0.2) is 12.4 Å². The largest absolute Gasteiger partial charge is 0.444 e. The molecular weight excluding hydrogens is 260 g/mol. The molecule has 1 rings (SSSR count). The van der Waals surface area contributed by atoms with E-state index in [-0.39, 0.29) is 6.61 Å². The van der Waals surface area contributed by atoms with Gasteiger partial charge in [-0.05, 0) is 20.8 Å². The molecule has 7 nitrogen and oxygen atoms in total. The molecule has 0 aromatic carbocycles. The van der Waals surface area contributed by atoms with E-state index in [9.17, 15) is 4.79 Å². The van der Waals surface area contributed by atoms with Crippen molar-refractivity contribution < 1.29 is 14.6 Å². The standard InChI is InChI=1S/C13H24N4O3/c1-13(2,3)20-12(19)15-5-4-14-8-11-9-16-17(10-11)6-7-18/h9-10,14,18H,4-8H2,1-3H3,(H,15,19). The number of carbonyl (C=O) groups is 1. The Morgan fingerprint density at radius 3 is 2.85 bits per heavy atom. The molecule has 3 N–H and O–H groups in total. The number of hydrogen-bond acceptors (Lipinski definition) is 5. The van der Waals surface area contributed by atoms with Crippen molar-refractivity contribution in [2.45, 2.75) is 39.5 Å². The molecule has 0 radical (unpaired) electrons. The first-order chi connectivity index (χ1) is 9.40. The molecule has 0 aliphatic heterocycles. The van der Waals surface area contributed by atoms with Crippen molar-refractivity contribution in [3.05, 3.63) is 18.0 Å². The Hall–Kier alpha value is -1.60. The lowest BCUT2D eigenvalue weighted by atomic mass is 10.2. The van der Waals surface area contributed by atoms with E-state index in [0.29, 0.717) is 26.2 Å². The lowest BCUT2D eigenvalue weighted by Crippen LogP contribution is -2.36. The van der Waals surface area contributed by atoms with Crippen LogP contribution in [0.3, 0.4) is 0 Å². The predicted octanol–water partition coefficient (Wildman–Crippen LogP) is 0.490. The molecule has 1 aromatic rings. The second-order valence-electron chi connectivity index (χ2n) is 5.44. The van der Waals surface area contributed by atoms with Crippen LogP contribution in [0.1, 0.15) is 26.3 Å². The molecule has 0 unspecified atom stereocenters. The third-order valence-electron chi connectivity index (χ3n) is 2.31. The zero-order valence-corrected chi connectivity index (χ0v) is 12.3. The molecule has 20 heavy (non-hydrogen) atoms. The van der Waals surface area contributed by atoms with Crippen LogP contribution in [0.4, 0.5) is 4.79 Å². The van der Waals surface area contributed by atoms with E-state index in [1.807, 2.05) is 27.0 Å². The molecule has 0 aliphatic rings. The highest BCUT2D eigenvalue weighted by molar-refractivity contribution is 5.67. The van der Waals surface area contributed by atoms with Crippen LogP contribution in [0.5, 0.6) is 0 Å². The van der Waals surface area contributed by atoms with E-state index in [1.165, 1.54) is 0 Å². The number of nitrogens with one attached hydrogen (secondary N) is 2. The zero-order chi connectivity index (χ0) is 15.0. The minimum Gasteiger partial charge on any atom is -0.444 e. The Bertz CT molecular complexity index is 412. The summed E-state index contributed by atoms with van der Waals surface area (Å²) in [5.41, 5.74) is 0.564. The fourth-order valence-electron chi connectivity index (χ4n) is 1.52. The van der Waals surface area contributed by atoms with Gasteiger partial charge < -0.3 is 20.5 Å². The van der Waals surface area contributed by atoms with Gasteiger partial charge in [0, 0.05) is 31.4 Å². The van der Waals surface area contributed by atoms with Crippen molar-refractivity contribution >= 4 is 6.09 Å². The fourth-order valence-corrected chi connectivity index (χ4v) is 1.52. The Morgan fingerprint density at radius 1 is 1.45 bits per heavy atom. The van der Waals surface area contributed by atoms with E-state index in [2.05, 4.69) is 15.7 Å². The molecule has 0 saturated carbocycles. The summed E-state index contributed by atoms with van der Waals surface area (Å²) in [6.07, 6.45) is 3.23. The predicted molar refractivity (Wildman–Crippen MR) is 75.3 cm³/mol. The number of carbonyl (C=O) groups excluding carboxylic acids is 1. The maximum atomic E-state index is 11.4. The van der Waals surface area contributed by atoms with Gasteiger partial charge in [-0.15, -0.1) is 0 Å². The first kappa shape index (κ1) is 16.5. The maximum absolute atomic E-state index is 11.4. The molecule has 0 bridgehead atoms. The SMILES string of the molecule is CC(C)(C)OC(=O)NCCNCc1cnn(CCO)c1. The van der Waals surface area contributed by atoms with Gasteiger partial charge in [-0.2, -0.15) is 5.10 Å². The van der Waals surface area contributed by atoms with Crippen molar-refractivity contribution in [2.24, 2.45) is 0 Å². The Morgan fingerprint density at radius 2 is 2.20 bits per heavy atom. The third kappa shape index (κ3) is 7.10. The van der Waals surface area contributed by atoms with Gasteiger partial charge in [-0.25, -0.2) is 4.79 Å². The summed E-state index contributed by atoms with van der Waals surface area (Å²) < 4.78 is 6.81. The first-order valence-electron chi connectivity index (χ1n) is 6.70. The molecule has 0 aliphatic carbocycles. The minimum absolute atomic E-state index is 0.0777. The van der Waals surface area contributed by atoms with Gasteiger partial charge in [0.2, 0.25) is 0 Å². The lowest BCUT2D eigenvalue weighted by molar-refractivity contribution is 0.0528.